The van der Waals surface area contributed by atoms with Gasteiger partial charge in [-0.15, -0.1) is 0 Å². The van der Waals surface area contributed by atoms with Crippen LogP contribution in [-0.4, -0.2) is 11.9 Å². The summed E-state index contributed by atoms with van der Waals surface area (Å²) in [4.78, 5) is 25.5. The Labute approximate surface area is 199 Å². The van der Waals surface area contributed by atoms with E-state index in [0.29, 0.717) is 16.7 Å². The normalized spacial score (nSPS) is 10.7. The molecule has 160 valence electrons. The fourth-order valence-electron chi connectivity index (χ4n) is 3.31. The van der Waals surface area contributed by atoms with Crippen LogP contribution in [0.4, 0.5) is 0 Å². The predicted molar refractivity (Wildman–Crippen MR) is 128 cm³/mol. The van der Waals surface area contributed by atoms with Crippen molar-refractivity contribution in [1.29, 1.82) is 0 Å². The quantitative estimate of drug-likeness (QED) is 0.189. The molecule has 7 heteroatoms. The van der Waals surface area contributed by atoms with Crippen molar-refractivity contribution in [2.45, 2.75) is 6.54 Å². The highest BCUT2D eigenvalue weighted by molar-refractivity contribution is 6.44. The van der Waals surface area contributed by atoms with E-state index in [4.69, 9.17) is 39.5 Å². The predicted octanol–water partition coefficient (Wildman–Crippen LogP) is 6.95. The molecule has 0 atom stereocenters. The van der Waals surface area contributed by atoms with Crippen LogP contribution in [0.15, 0.2) is 78.9 Å². The zero-order valence-electron chi connectivity index (χ0n) is 16.6. The molecule has 0 aliphatic carbocycles. The molecule has 4 aromatic carbocycles. The first-order valence-electron chi connectivity index (χ1n) is 9.65. The molecule has 4 aromatic rings. The van der Waals surface area contributed by atoms with E-state index in [-0.39, 0.29) is 33.3 Å². The van der Waals surface area contributed by atoms with Gasteiger partial charge < -0.3 is 10.1 Å². The third-order valence-corrected chi connectivity index (χ3v) is 5.99. The van der Waals surface area contributed by atoms with E-state index in [9.17, 15) is 9.59 Å². The number of hydrogen-bond acceptors (Lipinski definition) is 3. The molecule has 0 aliphatic rings. The molecule has 1 N–H and O–H groups in total. The summed E-state index contributed by atoms with van der Waals surface area (Å²) in [6.45, 7) is -0.0367. The molecule has 0 fully saturated rings. The lowest BCUT2D eigenvalue weighted by atomic mass is 10.0. The zero-order valence-corrected chi connectivity index (χ0v) is 18.8. The van der Waals surface area contributed by atoms with Crippen LogP contribution in [-0.2, 0) is 6.54 Å². The van der Waals surface area contributed by atoms with Gasteiger partial charge in [0.25, 0.3) is 5.91 Å². The topological polar surface area (TPSA) is 55.4 Å². The summed E-state index contributed by atoms with van der Waals surface area (Å²) in [6.07, 6.45) is 0. The number of rotatable bonds is 5. The van der Waals surface area contributed by atoms with Crippen LogP contribution in [0.5, 0.6) is 5.75 Å². The first kappa shape index (κ1) is 22.2. The van der Waals surface area contributed by atoms with Crippen molar-refractivity contribution in [2.24, 2.45) is 0 Å². The molecule has 32 heavy (non-hydrogen) atoms. The molecule has 0 saturated heterocycles. The second-order valence-electron chi connectivity index (χ2n) is 6.93. The van der Waals surface area contributed by atoms with Crippen LogP contribution in [0.2, 0.25) is 15.1 Å². The first-order chi connectivity index (χ1) is 15.5. The highest BCUT2D eigenvalue weighted by Crippen LogP contribution is 2.40. The monoisotopic (exact) mass is 483 g/mol. The minimum Gasteiger partial charge on any atom is -0.421 e. The van der Waals surface area contributed by atoms with Crippen molar-refractivity contribution < 1.29 is 14.3 Å². The van der Waals surface area contributed by atoms with Crippen LogP contribution in [0.25, 0.3) is 10.8 Å². The molecule has 0 spiro atoms. The molecule has 0 bridgehead atoms. The van der Waals surface area contributed by atoms with E-state index >= 15 is 0 Å². The van der Waals surface area contributed by atoms with Crippen LogP contribution in [0.1, 0.15) is 26.3 Å². The Morgan fingerprint density at radius 3 is 2.28 bits per heavy atom. The van der Waals surface area contributed by atoms with Gasteiger partial charge in [0.05, 0.1) is 20.6 Å². The van der Waals surface area contributed by atoms with Gasteiger partial charge >= 0.3 is 5.97 Å². The molecule has 0 heterocycles. The van der Waals surface area contributed by atoms with Gasteiger partial charge in [-0.05, 0) is 35.0 Å². The lowest BCUT2D eigenvalue weighted by molar-refractivity contribution is 0.0735. The second-order valence-corrected chi connectivity index (χ2v) is 8.12. The zero-order chi connectivity index (χ0) is 22.7. The Morgan fingerprint density at radius 1 is 0.812 bits per heavy atom. The molecular formula is C25H16Cl3NO3. The smallest absolute Gasteiger partial charge is 0.344 e. The van der Waals surface area contributed by atoms with E-state index in [1.54, 1.807) is 36.4 Å². The van der Waals surface area contributed by atoms with Crippen LogP contribution < -0.4 is 10.1 Å². The van der Waals surface area contributed by atoms with E-state index in [1.807, 2.05) is 36.4 Å². The van der Waals surface area contributed by atoms with Crippen LogP contribution in [0, 0.1) is 0 Å². The number of carbonyl (C=O) groups is 2. The first-order valence-corrected chi connectivity index (χ1v) is 10.8. The van der Waals surface area contributed by atoms with E-state index in [0.717, 1.165) is 10.8 Å². The highest BCUT2D eigenvalue weighted by Gasteiger charge is 2.22. The number of esters is 1. The standard InChI is InChI=1S/C25H16Cl3NO3/c26-20-13-21(27)23(19(22(20)28)14-29-24(30)16-8-2-1-3-9-16)32-25(31)18-12-6-10-15-7-4-5-11-17(15)18/h1-13H,14H2,(H,29,30). The van der Waals surface area contributed by atoms with Gasteiger partial charge in [-0.1, -0.05) is 89.4 Å². The average molecular weight is 485 g/mol. The van der Waals surface area contributed by atoms with Gasteiger partial charge in [0, 0.05) is 17.7 Å². The number of amides is 1. The van der Waals surface area contributed by atoms with E-state index in [2.05, 4.69) is 5.32 Å². The summed E-state index contributed by atoms with van der Waals surface area (Å²) < 4.78 is 5.68. The third kappa shape index (κ3) is 4.58. The van der Waals surface area contributed by atoms with Gasteiger partial charge in [-0.25, -0.2) is 4.79 Å². The summed E-state index contributed by atoms with van der Waals surface area (Å²) in [5.41, 5.74) is 1.16. The maximum absolute atomic E-state index is 13.0. The maximum Gasteiger partial charge on any atom is 0.344 e. The lowest BCUT2D eigenvalue weighted by Gasteiger charge is -2.16. The van der Waals surface area contributed by atoms with Crippen molar-refractivity contribution in [3.8, 4) is 5.75 Å². The third-order valence-electron chi connectivity index (χ3n) is 4.89. The number of ether oxygens (including phenoxy) is 1. The van der Waals surface area contributed by atoms with E-state index < -0.39 is 5.97 Å². The lowest BCUT2D eigenvalue weighted by Crippen LogP contribution is -2.23. The molecule has 0 aliphatic heterocycles. The summed E-state index contributed by atoms with van der Waals surface area (Å²) in [5.74, 6) is -0.866. The molecule has 0 unspecified atom stereocenters. The minimum atomic E-state index is -0.599. The van der Waals surface area contributed by atoms with Crippen molar-refractivity contribution >= 4 is 57.5 Å². The molecule has 0 aromatic heterocycles. The summed E-state index contributed by atoms with van der Waals surface area (Å²) in [6, 6.07) is 22.9. The second kappa shape index (κ2) is 9.61. The van der Waals surface area contributed by atoms with Crippen molar-refractivity contribution in [1.82, 2.24) is 5.32 Å². The van der Waals surface area contributed by atoms with Crippen molar-refractivity contribution in [2.75, 3.05) is 0 Å². The summed E-state index contributed by atoms with van der Waals surface area (Å²) >= 11 is 18.9. The largest absolute Gasteiger partial charge is 0.421 e. The molecule has 4 rings (SSSR count). The molecule has 0 saturated carbocycles. The summed E-state index contributed by atoms with van der Waals surface area (Å²) in [7, 11) is 0. The van der Waals surface area contributed by atoms with Crippen LogP contribution >= 0.6 is 34.8 Å². The minimum absolute atomic E-state index is 0.0367. The Kier molecular flexibility index (Phi) is 6.66. The fourth-order valence-corrected chi connectivity index (χ4v) is 4.06. The van der Waals surface area contributed by atoms with Crippen molar-refractivity contribution in [3.63, 3.8) is 0 Å². The van der Waals surface area contributed by atoms with Gasteiger partial charge in [0.2, 0.25) is 0 Å². The molecule has 4 nitrogen and oxygen atoms in total. The summed E-state index contributed by atoms with van der Waals surface area (Å²) in [5, 5.41) is 4.85. The number of hydrogen-bond donors (Lipinski definition) is 1. The Bertz CT molecular complexity index is 1320. The molecule has 0 radical (unpaired) electrons. The fraction of sp³-hybridized carbons (Fsp3) is 0.0400. The number of benzene rings is 4. The SMILES string of the molecule is O=C(NCc1c(Cl)c(Cl)cc(Cl)c1OC(=O)c1cccc2ccccc12)c1ccccc1. The number of halogens is 3. The molecular weight excluding hydrogens is 469 g/mol. The van der Waals surface area contributed by atoms with Crippen molar-refractivity contribution in [3.05, 3.63) is 111 Å². The Morgan fingerprint density at radius 2 is 1.50 bits per heavy atom. The number of fused-ring (bicyclic) bond motifs is 1. The van der Waals surface area contributed by atoms with Gasteiger partial charge in [0.1, 0.15) is 0 Å². The highest BCUT2D eigenvalue weighted by atomic mass is 35.5. The Balaban J connectivity index is 1.65. The van der Waals surface area contributed by atoms with Gasteiger partial charge in [0.15, 0.2) is 5.75 Å². The number of nitrogens with one attached hydrogen (secondary N) is 1. The van der Waals surface area contributed by atoms with Gasteiger partial charge in [-0.2, -0.15) is 0 Å². The van der Waals surface area contributed by atoms with E-state index in [1.165, 1.54) is 6.07 Å². The van der Waals surface area contributed by atoms with Gasteiger partial charge in [-0.3, -0.25) is 4.79 Å². The number of carbonyl (C=O) groups excluding carboxylic acids is 2. The van der Waals surface area contributed by atoms with Crippen LogP contribution in [0.3, 0.4) is 0 Å². The Hall–Kier alpha value is -3.05. The molecule has 1 amide bonds. The average Bonchev–Trinajstić information content (AvgIpc) is 2.82. The maximum atomic E-state index is 13.0.